The lowest BCUT2D eigenvalue weighted by molar-refractivity contribution is 0.336. The van der Waals surface area contributed by atoms with E-state index in [1.807, 2.05) is 49.7 Å². The Balaban J connectivity index is 0.00000338. The second-order valence-corrected chi connectivity index (χ2v) is 5.45. The third kappa shape index (κ3) is 6.32. The lowest BCUT2D eigenvalue weighted by Crippen LogP contribution is -2.37. The van der Waals surface area contributed by atoms with Crippen molar-refractivity contribution in [3.63, 3.8) is 0 Å². The molecule has 1 aromatic carbocycles. The zero-order valence-corrected chi connectivity index (χ0v) is 17.9. The largest absolute Gasteiger partial charge is 0.494 e. The molecule has 2 N–H and O–H groups in total. The molecule has 0 bridgehead atoms. The van der Waals surface area contributed by atoms with Crippen molar-refractivity contribution in [1.29, 1.82) is 0 Å². The first-order valence-corrected chi connectivity index (χ1v) is 8.34. The normalized spacial score (nSPS) is 10.8. The number of aliphatic imine (C=N–C) groups is 1. The lowest BCUT2D eigenvalue weighted by atomic mass is 10.2. The van der Waals surface area contributed by atoms with Gasteiger partial charge in [-0.15, -0.1) is 40.8 Å². The van der Waals surface area contributed by atoms with E-state index in [1.165, 1.54) is 0 Å². The molecular weight excluding hydrogens is 443 g/mol. The van der Waals surface area contributed by atoms with Crippen molar-refractivity contribution in [2.45, 2.75) is 26.9 Å². The van der Waals surface area contributed by atoms with Crippen LogP contribution in [0.2, 0.25) is 0 Å². The highest BCUT2D eigenvalue weighted by atomic mass is 127. The number of ether oxygens (including phenoxy) is 1. The Kier molecular flexibility index (Phi) is 9.71. The molecule has 0 saturated carbocycles. The van der Waals surface area contributed by atoms with Crippen LogP contribution in [0.15, 0.2) is 41.9 Å². The summed E-state index contributed by atoms with van der Waals surface area (Å²) in [6.45, 7) is 9.93. The molecule has 26 heavy (non-hydrogen) atoms. The molecule has 8 heteroatoms. The summed E-state index contributed by atoms with van der Waals surface area (Å²) in [5.74, 6) is 3.27. The van der Waals surface area contributed by atoms with Crippen LogP contribution in [0.1, 0.15) is 24.1 Å². The van der Waals surface area contributed by atoms with E-state index in [0.717, 1.165) is 23.0 Å². The van der Waals surface area contributed by atoms with Crippen LogP contribution < -0.4 is 15.4 Å². The van der Waals surface area contributed by atoms with Gasteiger partial charge in [-0.3, -0.25) is 0 Å². The van der Waals surface area contributed by atoms with Gasteiger partial charge in [-0.2, -0.15) is 0 Å². The second-order valence-electron chi connectivity index (χ2n) is 5.45. The van der Waals surface area contributed by atoms with Gasteiger partial charge in [0.25, 0.3) is 0 Å². The number of nitrogens with one attached hydrogen (secondary N) is 2. The number of hydrogen-bond donors (Lipinski definition) is 2. The Bertz CT molecular complexity index is 728. The molecule has 0 fully saturated rings. The van der Waals surface area contributed by atoms with E-state index in [1.54, 1.807) is 6.08 Å². The molecule has 142 valence electrons. The van der Waals surface area contributed by atoms with Crippen LogP contribution >= 0.6 is 24.0 Å². The highest BCUT2D eigenvalue weighted by Crippen LogP contribution is 2.18. The number of guanidine groups is 1. The van der Waals surface area contributed by atoms with Crippen molar-refractivity contribution in [3.8, 4) is 5.75 Å². The fourth-order valence-corrected chi connectivity index (χ4v) is 2.21. The average molecular weight is 470 g/mol. The molecule has 0 aliphatic carbocycles. The van der Waals surface area contributed by atoms with Crippen molar-refractivity contribution in [2.75, 3.05) is 13.2 Å². The zero-order valence-electron chi connectivity index (χ0n) is 15.5. The van der Waals surface area contributed by atoms with Crippen molar-refractivity contribution in [3.05, 3.63) is 54.1 Å². The summed E-state index contributed by atoms with van der Waals surface area (Å²) in [6.07, 6.45) is 1.79. The number of nitrogens with zero attached hydrogens (tertiary/aromatic N) is 4. The van der Waals surface area contributed by atoms with Crippen LogP contribution in [-0.4, -0.2) is 33.9 Å². The summed E-state index contributed by atoms with van der Waals surface area (Å²) in [4.78, 5) is 4.64. The van der Waals surface area contributed by atoms with Crippen molar-refractivity contribution >= 4 is 29.9 Å². The molecule has 1 heterocycles. The smallest absolute Gasteiger partial charge is 0.192 e. The topological polar surface area (TPSA) is 76.4 Å². The minimum absolute atomic E-state index is 0. The predicted molar refractivity (Wildman–Crippen MR) is 115 cm³/mol. The Morgan fingerprint density at radius 3 is 2.73 bits per heavy atom. The Morgan fingerprint density at radius 1 is 1.31 bits per heavy atom. The van der Waals surface area contributed by atoms with E-state index in [-0.39, 0.29) is 24.0 Å². The van der Waals surface area contributed by atoms with Gasteiger partial charge in [-0.1, -0.05) is 24.3 Å². The molecule has 0 spiro atoms. The summed E-state index contributed by atoms with van der Waals surface area (Å²) >= 11 is 0. The van der Waals surface area contributed by atoms with Crippen molar-refractivity contribution < 1.29 is 4.74 Å². The molecule has 0 unspecified atom stereocenters. The van der Waals surface area contributed by atoms with Crippen LogP contribution in [-0.2, 0) is 20.1 Å². The molecular formula is C18H27IN6O. The maximum Gasteiger partial charge on any atom is 0.192 e. The van der Waals surface area contributed by atoms with E-state index in [9.17, 15) is 0 Å². The molecule has 0 aliphatic rings. The van der Waals surface area contributed by atoms with Gasteiger partial charge in [-0.05, 0) is 19.9 Å². The average Bonchev–Trinajstić information content (AvgIpc) is 2.94. The van der Waals surface area contributed by atoms with Crippen LogP contribution in [0.4, 0.5) is 0 Å². The molecule has 2 rings (SSSR count). The van der Waals surface area contributed by atoms with Crippen LogP contribution in [0, 0.1) is 6.92 Å². The van der Waals surface area contributed by atoms with Crippen LogP contribution in [0.5, 0.6) is 5.75 Å². The standard InChI is InChI=1S/C18H26N6O.HI/c1-5-11-19-18(21-13-17-23-22-14(3)24(17)4)20-12-15-9-7-8-10-16(15)25-6-2;/h5,7-10H,1,6,11-13H2,2-4H3,(H2,19,20,21);1H. The van der Waals surface area contributed by atoms with Gasteiger partial charge in [0, 0.05) is 19.2 Å². The Morgan fingerprint density at radius 2 is 2.08 bits per heavy atom. The fourth-order valence-electron chi connectivity index (χ4n) is 2.21. The number of aryl methyl sites for hydroxylation is 1. The number of halogens is 1. The van der Waals surface area contributed by atoms with Crippen LogP contribution in [0.25, 0.3) is 0 Å². The Hall–Kier alpha value is -2.10. The lowest BCUT2D eigenvalue weighted by Gasteiger charge is -2.12. The maximum absolute atomic E-state index is 5.65. The first-order chi connectivity index (χ1) is 12.2. The number of rotatable bonds is 8. The van der Waals surface area contributed by atoms with Gasteiger partial charge in [0.05, 0.1) is 19.7 Å². The minimum atomic E-state index is 0. The molecule has 2 aromatic rings. The van der Waals surface area contributed by atoms with Gasteiger partial charge in [0.1, 0.15) is 11.6 Å². The van der Waals surface area contributed by atoms with E-state index in [0.29, 0.717) is 32.2 Å². The van der Waals surface area contributed by atoms with Crippen molar-refractivity contribution in [1.82, 2.24) is 25.4 Å². The zero-order chi connectivity index (χ0) is 18.1. The first-order valence-electron chi connectivity index (χ1n) is 8.34. The summed E-state index contributed by atoms with van der Waals surface area (Å²) in [6, 6.07) is 7.93. The molecule has 7 nitrogen and oxygen atoms in total. The quantitative estimate of drug-likeness (QED) is 0.269. The predicted octanol–water partition coefficient (Wildman–Crippen LogP) is 2.56. The number of para-hydroxylation sites is 1. The van der Waals surface area contributed by atoms with E-state index in [2.05, 4.69) is 32.4 Å². The summed E-state index contributed by atoms with van der Waals surface area (Å²) < 4.78 is 7.60. The van der Waals surface area contributed by atoms with E-state index in [4.69, 9.17) is 4.74 Å². The molecule has 0 aliphatic heterocycles. The SMILES string of the molecule is C=CCNC(=NCc1ccccc1OCC)NCc1nnc(C)n1C.I. The highest BCUT2D eigenvalue weighted by Gasteiger charge is 2.07. The van der Waals surface area contributed by atoms with Gasteiger partial charge >= 0.3 is 0 Å². The molecule has 0 radical (unpaired) electrons. The third-order valence-corrected chi connectivity index (χ3v) is 3.69. The van der Waals surface area contributed by atoms with Gasteiger partial charge < -0.3 is 19.9 Å². The monoisotopic (exact) mass is 470 g/mol. The van der Waals surface area contributed by atoms with E-state index >= 15 is 0 Å². The van der Waals surface area contributed by atoms with Gasteiger partial charge in [0.2, 0.25) is 0 Å². The second kappa shape index (κ2) is 11.5. The maximum atomic E-state index is 5.65. The molecule has 0 amide bonds. The molecule has 1 aromatic heterocycles. The molecule has 0 atom stereocenters. The molecule has 0 saturated heterocycles. The Labute approximate surface area is 172 Å². The van der Waals surface area contributed by atoms with Crippen LogP contribution in [0.3, 0.4) is 0 Å². The highest BCUT2D eigenvalue weighted by molar-refractivity contribution is 14.0. The third-order valence-electron chi connectivity index (χ3n) is 3.69. The minimum Gasteiger partial charge on any atom is -0.494 e. The fraction of sp³-hybridized carbons (Fsp3) is 0.389. The van der Waals surface area contributed by atoms with Crippen molar-refractivity contribution in [2.24, 2.45) is 12.0 Å². The summed E-state index contributed by atoms with van der Waals surface area (Å²) in [7, 11) is 1.94. The number of benzene rings is 1. The number of hydrogen-bond acceptors (Lipinski definition) is 4. The first kappa shape index (κ1) is 21.9. The number of aromatic nitrogens is 3. The summed E-state index contributed by atoms with van der Waals surface area (Å²) in [5, 5.41) is 14.7. The summed E-state index contributed by atoms with van der Waals surface area (Å²) in [5.41, 5.74) is 1.04. The van der Waals surface area contributed by atoms with Gasteiger partial charge in [0.15, 0.2) is 11.8 Å². The van der Waals surface area contributed by atoms with Gasteiger partial charge in [-0.25, -0.2) is 4.99 Å². The van der Waals surface area contributed by atoms with E-state index < -0.39 is 0 Å².